The van der Waals surface area contributed by atoms with Crippen LogP contribution in [0.5, 0.6) is 0 Å². The first-order valence-electron chi connectivity index (χ1n) is 7.64. The van der Waals surface area contributed by atoms with Gasteiger partial charge in [-0.1, -0.05) is 5.16 Å². The third-order valence-electron chi connectivity index (χ3n) is 3.70. The molecule has 1 N–H and O–H groups in total. The van der Waals surface area contributed by atoms with Crippen molar-refractivity contribution in [2.45, 2.75) is 20.4 Å². The van der Waals surface area contributed by atoms with E-state index < -0.39 is 11.5 Å². The van der Waals surface area contributed by atoms with E-state index in [4.69, 9.17) is 4.52 Å². The number of nitrogens with one attached hydrogen (secondary N) is 1. The van der Waals surface area contributed by atoms with Crippen LogP contribution >= 0.6 is 0 Å². The van der Waals surface area contributed by atoms with Crippen molar-refractivity contribution in [3.05, 3.63) is 63.7 Å². The largest absolute Gasteiger partial charge is 0.337 e. The summed E-state index contributed by atoms with van der Waals surface area (Å²) in [5.41, 5.74) is 1.81. The number of hydrogen-bond donors (Lipinski definition) is 1. The lowest BCUT2D eigenvalue weighted by atomic mass is 10.1. The van der Waals surface area contributed by atoms with Crippen LogP contribution in [0, 0.1) is 13.8 Å². The molecule has 0 aliphatic carbocycles. The second-order valence-electron chi connectivity index (χ2n) is 5.75. The first kappa shape index (κ1) is 16.6. The first-order chi connectivity index (χ1) is 12.0. The molecular formula is C17H17N5O3. The first-order valence-corrected chi connectivity index (χ1v) is 7.64. The summed E-state index contributed by atoms with van der Waals surface area (Å²) >= 11 is 0. The van der Waals surface area contributed by atoms with E-state index in [9.17, 15) is 9.59 Å². The van der Waals surface area contributed by atoms with Crippen LogP contribution in [0.1, 0.15) is 27.5 Å². The molecule has 0 radical (unpaired) electrons. The summed E-state index contributed by atoms with van der Waals surface area (Å²) in [4.78, 5) is 36.9. The van der Waals surface area contributed by atoms with Crippen LogP contribution < -0.4 is 5.56 Å². The Morgan fingerprint density at radius 3 is 2.68 bits per heavy atom. The highest BCUT2D eigenvalue weighted by Gasteiger charge is 2.20. The van der Waals surface area contributed by atoms with Crippen LogP contribution in [0.25, 0.3) is 11.4 Å². The maximum Gasteiger partial charge on any atom is 0.261 e. The summed E-state index contributed by atoms with van der Waals surface area (Å²) < 4.78 is 5.19. The van der Waals surface area contributed by atoms with Crippen LogP contribution in [-0.2, 0) is 6.54 Å². The van der Waals surface area contributed by atoms with Gasteiger partial charge in [0.1, 0.15) is 12.1 Å². The Hall–Kier alpha value is -3.29. The van der Waals surface area contributed by atoms with Gasteiger partial charge >= 0.3 is 0 Å². The molecule has 0 bridgehead atoms. The van der Waals surface area contributed by atoms with Gasteiger partial charge in [-0.15, -0.1) is 0 Å². The van der Waals surface area contributed by atoms with Crippen molar-refractivity contribution in [3.8, 4) is 11.4 Å². The molecule has 3 rings (SSSR count). The zero-order valence-electron chi connectivity index (χ0n) is 14.1. The number of aromatic amines is 1. The predicted octanol–water partition coefficient (Wildman–Crippen LogP) is 1.71. The number of aryl methyl sites for hydroxylation is 2. The maximum absolute atomic E-state index is 12.6. The molecule has 3 aromatic rings. The molecule has 0 aliphatic heterocycles. The summed E-state index contributed by atoms with van der Waals surface area (Å²) in [6, 6.07) is 5.29. The molecule has 0 spiro atoms. The number of hydrogen-bond acceptors (Lipinski definition) is 6. The number of amides is 1. The van der Waals surface area contributed by atoms with Gasteiger partial charge in [-0.2, -0.15) is 4.98 Å². The average Bonchev–Trinajstić information content (AvgIpc) is 3.03. The fraction of sp³-hybridized carbons (Fsp3) is 0.235. The molecule has 8 heteroatoms. The van der Waals surface area contributed by atoms with Gasteiger partial charge < -0.3 is 14.4 Å². The van der Waals surface area contributed by atoms with Gasteiger partial charge in [-0.05, 0) is 37.6 Å². The van der Waals surface area contributed by atoms with Crippen molar-refractivity contribution >= 4 is 5.91 Å². The van der Waals surface area contributed by atoms with Crippen LogP contribution in [0.2, 0.25) is 0 Å². The van der Waals surface area contributed by atoms with E-state index in [-0.39, 0.29) is 18.0 Å². The van der Waals surface area contributed by atoms with E-state index in [0.29, 0.717) is 17.1 Å². The Morgan fingerprint density at radius 1 is 1.28 bits per heavy atom. The Kier molecular flexibility index (Phi) is 4.42. The number of pyridine rings is 2. The summed E-state index contributed by atoms with van der Waals surface area (Å²) in [5, 5.41) is 3.90. The highest BCUT2D eigenvalue weighted by Crippen LogP contribution is 2.15. The van der Waals surface area contributed by atoms with Crippen molar-refractivity contribution in [3.63, 3.8) is 0 Å². The zero-order chi connectivity index (χ0) is 18.0. The highest BCUT2D eigenvalue weighted by atomic mass is 16.5. The Balaban J connectivity index is 1.79. The molecule has 25 heavy (non-hydrogen) atoms. The van der Waals surface area contributed by atoms with Crippen LogP contribution in [-0.4, -0.2) is 38.0 Å². The average molecular weight is 339 g/mol. The fourth-order valence-electron chi connectivity index (χ4n) is 2.52. The van der Waals surface area contributed by atoms with E-state index >= 15 is 0 Å². The van der Waals surface area contributed by atoms with Crippen molar-refractivity contribution in [1.82, 2.24) is 25.0 Å². The predicted molar refractivity (Wildman–Crippen MR) is 89.9 cm³/mol. The lowest BCUT2D eigenvalue weighted by Gasteiger charge is -2.15. The van der Waals surface area contributed by atoms with E-state index in [1.54, 1.807) is 51.5 Å². The highest BCUT2D eigenvalue weighted by molar-refractivity contribution is 5.95. The number of nitrogens with zero attached hydrogens (tertiary/aromatic N) is 4. The Labute approximate surface area is 143 Å². The summed E-state index contributed by atoms with van der Waals surface area (Å²) in [6.07, 6.45) is 3.26. The lowest BCUT2D eigenvalue weighted by molar-refractivity contribution is 0.0767. The standard InChI is InChI=1S/C17H17N5O3/c1-10-8-11(2)19-16(23)14(10)17(24)22(3)9-13-20-15(21-25-13)12-4-6-18-7-5-12/h4-8H,9H2,1-3H3,(H,19,23). The van der Waals surface area contributed by atoms with Crippen LogP contribution in [0.3, 0.4) is 0 Å². The molecule has 0 aromatic carbocycles. The van der Waals surface area contributed by atoms with E-state index in [0.717, 1.165) is 5.56 Å². The number of aromatic nitrogens is 4. The van der Waals surface area contributed by atoms with Gasteiger partial charge in [-0.3, -0.25) is 14.6 Å². The topological polar surface area (TPSA) is 105 Å². The van der Waals surface area contributed by atoms with E-state index in [2.05, 4.69) is 20.1 Å². The van der Waals surface area contributed by atoms with Gasteiger partial charge in [0, 0.05) is 30.7 Å². The maximum atomic E-state index is 12.6. The molecule has 0 saturated heterocycles. The fourth-order valence-corrected chi connectivity index (χ4v) is 2.52. The second-order valence-corrected chi connectivity index (χ2v) is 5.75. The van der Waals surface area contributed by atoms with Gasteiger partial charge in [0.25, 0.3) is 11.5 Å². The summed E-state index contributed by atoms with van der Waals surface area (Å²) in [6.45, 7) is 3.60. The molecule has 0 unspecified atom stereocenters. The third kappa shape index (κ3) is 3.47. The molecule has 128 valence electrons. The quantitative estimate of drug-likeness (QED) is 0.776. The van der Waals surface area contributed by atoms with Gasteiger partial charge in [-0.25, -0.2) is 0 Å². The van der Waals surface area contributed by atoms with Gasteiger partial charge in [0.15, 0.2) is 0 Å². The Bertz CT molecular complexity index is 962. The minimum absolute atomic E-state index is 0.101. The van der Waals surface area contributed by atoms with E-state index in [1.165, 1.54) is 4.90 Å². The van der Waals surface area contributed by atoms with Crippen molar-refractivity contribution in [1.29, 1.82) is 0 Å². The Morgan fingerprint density at radius 2 is 2.00 bits per heavy atom. The van der Waals surface area contributed by atoms with Crippen molar-refractivity contribution in [2.24, 2.45) is 0 Å². The number of carbonyl (C=O) groups is 1. The lowest BCUT2D eigenvalue weighted by Crippen LogP contribution is -2.32. The third-order valence-corrected chi connectivity index (χ3v) is 3.70. The molecule has 8 nitrogen and oxygen atoms in total. The SMILES string of the molecule is Cc1cc(C)c(C(=O)N(C)Cc2nc(-c3ccncc3)no2)c(=O)[nH]1. The molecule has 0 fully saturated rings. The molecule has 3 heterocycles. The monoisotopic (exact) mass is 339 g/mol. The molecule has 0 saturated carbocycles. The smallest absolute Gasteiger partial charge is 0.261 e. The second kappa shape index (κ2) is 6.68. The minimum Gasteiger partial charge on any atom is -0.337 e. The molecule has 3 aromatic heterocycles. The van der Waals surface area contributed by atoms with Crippen molar-refractivity contribution in [2.75, 3.05) is 7.05 Å². The van der Waals surface area contributed by atoms with Crippen LogP contribution in [0.15, 0.2) is 39.9 Å². The minimum atomic E-state index is -0.405. The number of rotatable bonds is 4. The molecule has 1 amide bonds. The summed E-state index contributed by atoms with van der Waals surface area (Å²) in [7, 11) is 1.58. The zero-order valence-corrected chi connectivity index (χ0v) is 14.1. The molecular weight excluding hydrogens is 322 g/mol. The van der Waals surface area contributed by atoms with Gasteiger partial charge in [0.05, 0.1) is 0 Å². The number of H-pyrrole nitrogens is 1. The molecule has 0 atom stereocenters. The normalized spacial score (nSPS) is 10.7. The summed E-state index contributed by atoms with van der Waals surface area (Å²) in [5.74, 6) is 0.300. The van der Waals surface area contributed by atoms with Gasteiger partial charge in [0.2, 0.25) is 11.7 Å². The van der Waals surface area contributed by atoms with E-state index in [1.807, 2.05) is 0 Å². The molecule has 0 aliphatic rings. The van der Waals surface area contributed by atoms with Crippen molar-refractivity contribution < 1.29 is 9.32 Å². The van der Waals surface area contributed by atoms with Crippen LogP contribution in [0.4, 0.5) is 0 Å². The number of carbonyl (C=O) groups excluding carboxylic acids is 1.